The Balaban J connectivity index is 1.66. The number of thiophene rings is 1. The molecule has 1 aliphatic carbocycles. The number of rotatable bonds is 7. The monoisotopic (exact) mass is 390 g/mol. The molecule has 5 nitrogen and oxygen atoms in total. The summed E-state index contributed by atoms with van der Waals surface area (Å²) in [5.74, 6) is -0.972. The lowest BCUT2D eigenvalue weighted by molar-refractivity contribution is -0.115. The molecule has 1 aromatic carbocycles. The van der Waals surface area contributed by atoms with E-state index >= 15 is 0 Å². The van der Waals surface area contributed by atoms with Gasteiger partial charge in [-0.05, 0) is 44.7 Å². The molecule has 144 valence electrons. The zero-order valence-corrected chi connectivity index (χ0v) is 16.2. The van der Waals surface area contributed by atoms with Crippen molar-refractivity contribution in [3.05, 3.63) is 51.7 Å². The molecule has 1 amide bonds. The predicted molar refractivity (Wildman–Crippen MR) is 104 cm³/mol. The summed E-state index contributed by atoms with van der Waals surface area (Å²) in [4.78, 5) is 25.9. The predicted octanol–water partition coefficient (Wildman–Crippen LogP) is 3.84. The lowest BCUT2D eigenvalue weighted by atomic mass is 10.1. The third-order valence-corrected chi connectivity index (χ3v) is 5.80. The third kappa shape index (κ3) is 4.36. The van der Waals surface area contributed by atoms with Crippen molar-refractivity contribution in [1.82, 2.24) is 5.32 Å². The Hall–Kier alpha value is -2.25. The number of carbonyl (C=O) groups is 2. The van der Waals surface area contributed by atoms with Crippen LogP contribution in [0.5, 0.6) is 0 Å². The van der Waals surface area contributed by atoms with Crippen LogP contribution in [0.2, 0.25) is 0 Å². The quantitative estimate of drug-likeness (QED) is 0.705. The van der Waals surface area contributed by atoms with E-state index in [0.717, 1.165) is 29.7 Å². The molecular formula is C20H23FN2O3S. The van der Waals surface area contributed by atoms with E-state index in [1.165, 1.54) is 17.4 Å². The summed E-state index contributed by atoms with van der Waals surface area (Å²) in [5.41, 5.74) is 2.00. The number of ether oxygens (including phenoxy) is 1. The maximum Gasteiger partial charge on any atom is 0.341 e. The van der Waals surface area contributed by atoms with Gasteiger partial charge in [0.05, 0.1) is 18.7 Å². The minimum Gasteiger partial charge on any atom is -0.462 e. The Morgan fingerprint density at radius 2 is 2.07 bits per heavy atom. The van der Waals surface area contributed by atoms with Gasteiger partial charge in [0.2, 0.25) is 5.91 Å². The molecule has 0 fully saturated rings. The van der Waals surface area contributed by atoms with Gasteiger partial charge in [-0.25, -0.2) is 9.18 Å². The van der Waals surface area contributed by atoms with Crippen LogP contribution in [0.4, 0.5) is 9.39 Å². The van der Waals surface area contributed by atoms with Crippen molar-refractivity contribution in [3.8, 4) is 0 Å². The summed E-state index contributed by atoms with van der Waals surface area (Å²) in [6.45, 7) is 3.87. The molecule has 1 aromatic heterocycles. The maximum absolute atomic E-state index is 13.8. The number of hydrogen-bond donors (Lipinski definition) is 2. The lowest BCUT2D eigenvalue weighted by Crippen LogP contribution is -2.30. The fourth-order valence-corrected chi connectivity index (χ4v) is 4.56. The van der Waals surface area contributed by atoms with Crippen LogP contribution in [0, 0.1) is 5.82 Å². The highest BCUT2D eigenvalue weighted by Crippen LogP contribution is 2.39. The van der Waals surface area contributed by atoms with E-state index in [4.69, 9.17) is 4.74 Å². The molecule has 3 rings (SSSR count). The first-order valence-electron chi connectivity index (χ1n) is 9.10. The standard InChI is InChI=1S/C20H23FN2O3S/c1-3-26-20(25)18-14-8-6-10-16(14)27-19(18)23-17(24)11-22-12(2)13-7-4-5-9-15(13)21/h4-5,7,9,12,22H,3,6,8,10-11H2,1-2H3,(H,23,24). The van der Waals surface area contributed by atoms with Crippen molar-refractivity contribution in [2.45, 2.75) is 39.2 Å². The molecule has 1 aliphatic rings. The molecule has 0 bridgehead atoms. The van der Waals surface area contributed by atoms with Gasteiger partial charge in [-0.15, -0.1) is 11.3 Å². The largest absolute Gasteiger partial charge is 0.462 e. The highest BCUT2D eigenvalue weighted by Gasteiger charge is 2.28. The van der Waals surface area contributed by atoms with Gasteiger partial charge in [-0.3, -0.25) is 4.79 Å². The van der Waals surface area contributed by atoms with Crippen molar-refractivity contribution >= 4 is 28.2 Å². The number of anilines is 1. The van der Waals surface area contributed by atoms with Crippen molar-refractivity contribution in [1.29, 1.82) is 0 Å². The third-order valence-electron chi connectivity index (χ3n) is 4.59. The van der Waals surface area contributed by atoms with Crippen molar-refractivity contribution < 1.29 is 18.7 Å². The second-order valence-corrected chi connectivity index (χ2v) is 7.56. The molecule has 0 saturated carbocycles. The number of amides is 1. The highest BCUT2D eigenvalue weighted by atomic mass is 32.1. The normalized spacial score (nSPS) is 13.9. The fourth-order valence-electron chi connectivity index (χ4n) is 3.26. The van der Waals surface area contributed by atoms with E-state index in [1.807, 2.05) is 0 Å². The van der Waals surface area contributed by atoms with Crippen molar-refractivity contribution in [2.24, 2.45) is 0 Å². The molecular weight excluding hydrogens is 367 g/mol. The molecule has 1 atom stereocenters. The van der Waals surface area contributed by atoms with Crippen molar-refractivity contribution in [3.63, 3.8) is 0 Å². The number of esters is 1. The number of halogens is 1. The minimum absolute atomic E-state index is 0.0142. The van der Waals surface area contributed by atoms with E-state index in [1.54, 1.807) is 32.0 Å². The van der Waals surface area contributed by atoms with Crippen LogP contribution < -0.4 is 10.6 Å². The van der Waals surface area contributed by atoms with Gasteiger partial charge in [0, 0.05) is 16.5 Å². The summed E-state index contributed by atoms with van der Waals surface area (Å²) in [6, 6.07) is 6.16. The molecule has 1 heterocycles. The molecule has 1 unspecified atom stereocenters. The molecule has 2 N–H and O–H groups in total. The van der Waals surface area contributed by atoms with Crippen LogP contribution in [-0.2, 0) is 22.4 Å². The van der Waals surface area contributed by atoms with E-state index in [9.17, 15) is 14.0 Å². The highest BCUT2D eigenvalue weighted by molar-refractivity contribution is 7.17. The van der Waals surface area contributed by atoms with Crippen LogP contribution in [0.1, 0.15) is 52.7 Å². The maximum atomic E-state index is 13.8. The summed E-state index contributed by atoms with van der Waals surface area (Å²) in [7, 11) is 0. The first-order valence-corrected chi connectivity index (χ1v) is 9.92. The van der Waals surface area contributed by atoms with Crippen LogP contribution in [0.15, 0.2) is 24.3 Å². The Kier molecular flexibility index (Phi) is 6.23. The van der Waals surface area contributed by atoms with Gasteiger partial charge in [-0.2, -0.15) is 0 Å². The van der Waals surface area contributed by atoms with Crippen LogP contribution in [0.25, 0.3) is 0 Å². The second kappa shape index (κ2) is 8.63. The number of carbonyl (C=O) groups excluding carboxylic acids is 2. The van der Waals surface area contributed by atoms with E-state index in [2.05, 4.69) is 10.6 Å². The molecule has 0 radical (unpaired) electrons. The van der Waals surface area contributed by atoms with Crippen LogP contribution in [0.3, 0.4) is 0 Å². The molecule has 2 aromatic rings. The Bertz CT molecular complexity index is 850. The fraction of sp³-hybridized carbons (Fsp3) is 0.400. The van der Waals surface area contributed by atoms with E-state index in [0.29, 0.717) is 22.7 Å². The van der Waals surface area contributed by atoms with Gasteiger partial charge < -0.3 is 15.4 Å². The molecule has 0 saturated heterocycles. The Labute approximate surface area is 161 Å². The minimum atomic E-state index is -0.389. The van der Waals surface area contributed by atoms with Gasteiger partial charge in [0.25, 0.3) is 0 Å². The summed E-state index contributed by atoms with van der Waals surface area (Å²) >= 11 is 1.44. The van der Waals surface area contributed by atoms with E-state index < -0.39 is 0 Å². The van der Waals surface area contributed by atoms with Gasteiger partial charge in [0.15, 0.2) is 0 Å². The molecule has 0 spiro atoms. The van der Waals surface area contributed by atoms with Crippen molar-refractivity contribution in [2.75, 3.05) is 18.5 Å². The number of nitrogens with one attached hydrogen (secondary N) is 2. The average molecular weight is 390 g/mol. The topological polar surface area (TPSA) is 67.4 Å². The zero-order valence-electron chi connectivity index (χ0n) is 15.4. The summed E-state index contributed by atoms with van der Waals surface area (Å²) in [5, 5.41) is 6.39. The molecule has 0 aliphatic heterocycles. The average Bonchev–Trinajstić information content (AvgIpc) is 3.20. The smallest absolute Gasteiger partial charge is 0.341 e. The lowest BCUT2D eigenvalue weighted by Gasteiger charge is -2.15. The Morgan fingerprint density at radius 3 is 2.81 bits per heavy atom. The number of aryl methyl sites for hydroxylation is 1. The first kappa shape index (κ1) is 19.5. The summed E-state index contributed by atoms with van der Waals surface area (Å²) in [6.07, 6.45) is 2.77. The van der Waals surface area contributed by atoms with Crippen LogP contribution in [-0.4, -0.2) is 25.0 Å². The molecule has 27 heavy (non-hydrogen) atoms. The van der Waals surface area contributed by atoms with Gasteiger partial charge in [-0.1, -0.05) is 18.2 Å². The number of benzene rings is 1. The van der Waals surface area contributed by atoms with Gasteiger partial charge in [0.1, 0.15) is 10.8 Å². The van der Waals surface area contributed by atoms with Crippen LogP contribution >= 0.6 is 11.3 Å². The zero-order chi connectivity index (χ0) is 19.4. The van der Waals surface area contributed by atoms with E-state index in [-0.39, 0.29) is 30.3 Å². The summed E-state index contributed by atoms with van der Waals surface area (Å²) < 4.78 is 19.0. The van der Waals surface area contributed by atoms with Gasteiger partial charge >= 0.3 is 5.97 Å². The SMILES string of the molecule is CCOC(=O)c1c(NC(=O)CNC(C)c2ccccc2F)sc2c1CCC2. The number of fused-ring (bicyclic) bond motifs is 1. The molecule has 7 heteroatoms. The second-order valence-electron chi connectivity index (χ2n) is 6.45. The number of hydrogen-bond acceptors (Lipinski definition) is 5. The Morgan fingerprint density at radius 1 is 1.30 bits per heavy atom. The first-order chi connectivity index (χ1) is 13.0.